The predicted molar refractivity (Wildman–Crippen MR) is 79.2 cm³/mol. The van der Waals surface area contributed by atoms with Crippen molar-refractivity contribution in [2.45, 2.75) is 46.6 Å². The van der Waals surface area contributed by atoms with Crippen molar-refractivity contribution in [2.75, 3.05) is 18.4 Å². The van der Waals surface area contributed by atoms with Crippen molar-refractivity contribution < 1.29 is 4.79 Å². The fourth-order valence-electron chi connectivity index (χ4n) is 2.21. The maximum Gasteiger partial charge on any atom is 0.219 e. The van der Waals surface area contributed by atoms with Gasteiger partial charge in [0.25, 0.3) is 0 Å². The molecule has 0 unspecified atom stereocenters. The normalized spacial score (nSPS) is 15.5. The number of carbonyl (C=O) groups excluding carboxylic acids is 1. The van der Waals surface area contributed by atoms with Crippen LogP contribution in [0.15, 0.2) is 18.5 Å². The summed E-state index contributed by atoms with van der Waals surface area (Å²) in [5, 5.41) is 3.48. The molecule has 0 aromatic carbocycles. The Bertz CT molecular complexity index is 398. The van der Waals surface area contributed by atoms with Crippen LogP contribution in [0.1, 0.15) is 39.2 Å². The molecule has 1 aromatic rings. The smallest absolute Gasteiger partial charge is 0.219 e. The molecule has 2 heterocycles. The molecular weight excluding hydrogens is 238 g/mol. The number of amides is 1. The third kappa shape index (κ3) is 4.89. The van der Waals surface area contributed by atoms with E-state index in [9.17, 15) is 4.79 Å². The lowest BCUT2D eigenvalue weighted by atomic mass is 10.0. The number of rotatable bonds is 2. The lowest BCUT2D eigenvalue weighted by Gasteiger charge is -2.32. The number of pyridine rings is 1. The Labute approximate surface area is 116 Å². The minimum atomic E-state index is 0.181. The predicted octanol–water partition coefficient (Wildman–Crippen LogP) is 2.84. The van der Waals surface area contributed by atoms with Crippen molar-refractivity contribution in [3.05, 3.63) is 24.0 Å². The molecule has 4 heteroatoms. The largest absolute Gasteiger partial charge is 0.381 e. The third-order valence-electron chi connectivity index (χ3n) is 3.19. The van der Waals surface area contributed by atoms with Gasteiger partial charge in [0.1, 0.15) is 0 Å². The topological polar surface area (TPSA) is 45.2 Å². The van der Waals surface area contributed by atoms with E-state index in [1.54, 1.807) is 6.92 Å². The Hall–Kier alpha value is -1.58. The van der Waals surface area contributed by atoms with E-state index in [1.807, 2.05) is 38.1 Å². The van der Waals surface area contributed by atoms with Crippen molar-refractivity contribution >= 4 is 11.6 Å². The molecule has 0 spiro atoms. The first kappa shape index (κ1) is 15.5. The molecule has 1 N–H and O–H groups in total. The number of piperidine rings is 1. The quantitative estimate of drug-likeness (QED) is 0.892. The number of aromatic nitrogens is 1. The summed E-state index contributed by atoms with van der Waals surface area (Å²) in [6.45, 7) is 9.38. The van der Waals surface area contributed by atoms with Gasteiger partial charge >= 0.3 is 0 Å². The number of nitrogens with one attached hydrogen (secondary N) is 1. The van der Waals surface area contributed by atoms with Gasteiger partial charge in [-0.3, -0.25) is 9.78 Å². The van der Waals surface area contributed by atoms with E-state index in [0.29, 0.717) is 6.04 Å². The SMILES string of the molecule is CC.CC(=O)N1CCC(Nc2cncc(C)c2)CC1. The van der Waals surface area contributed by atoms with Gasteiger partial charge in [0.2, 0.25) is 5.91 Å². The number of hydrogen-bond acceptors (Lipinski definition) is 3. The number of nitrogens with zero attached hydrogens (tertiary/aromatic N) is 2. The molecule has 1 saturated heterocycles. The first-order valence-electron chi connectivity index (χ1n) is 7.09. The van der Waals surface area contributed by atoms with E-state index in [4.69, 9.17) is 0 Å². The van der Waals surface area contributed by atoms with Gasteiger partial charge in [-0.1, -0.05) is 13.8 Å². The van der Waals surface area contributed by atoms with Gasteiger partial charge < -0.3 is 10.2 Å². The molecule has 0 aliphatic carbocycles. The summed E-state index contributed by atoms with van der Waals surface area (Å²) in [4.78, 5) is 17.3. The van der Waals surface area contributed by atoms with Crippen molar-refractivity contribution in [1.29, 1.82) is 0 Å². The summed E-state index contributed by atoms with van der Waals surface area (Å²) in [6.07, 6.45) is 5.72. The summed E-state index contributed by atoms with van der Waals surface area (Å²) in [5.41, 5.74) is 2.24. The van der Waals surface area contributed by atoms with Crippen LogP contribution in [0.4, 0.5) is 5.69 Å². The molecule has 1 amide bonds. The van der Waals surface area contributed by atoms with E-state index in [-0.39, 0.29) is 5.91 Å². The van der Waals surface area contributed by atoms with Crippen LogP contribution >= 0.6 is 0 Å². The van der Waals surface area contributed by atoms with Gasteiger partial charge in [-0.25, -0.2) is 0 Å². The zero-order valence-corrected chi connectivity index (χ0v) is 12.4. The molecule has 0 atom stereocenters. The van der Waals surface area contributed by atoms with E-state index in [0.717, 1.165) is 37.2 Å². The maximum absolute atomic E-state index is 11.2. The molecule has 0 saturated carbocycles. The Morgan fingerprint density at radius 1 is 1.32 bits per heavy atom. The van der Waals surface area contributed by atoms with Gasteiger partial charge in [0, 0.05) is 38.4 Å². The highest BCUT2D eigenvalue weighted by atomic mass is 16.2. The molecule has 0 radical (unpaired) electrons. The summed E-state index contributed by atoms with van der Waals surface area (Å²) < 4.78 is 0. The second-order valence-electron chi connectivity index (χ2n) is 4.68. The summed E-state index contributed by atoms with van der Waals surface area (Å²) in [6, 6.07) is 2.55. The van der Waals surface area contributed by atoms with Crippen molar-refractivity contribution in [1.82, 2.24) is 9.88 Å². The van der Waals surface area contributed by atoms with E-state index in [1.165, 1.54) is 0 Å². The zero-order valence-electron chi connectivity index (χ0n) is 12.4. The Balaban J connectivity index is 0.000000861. The maximum atomic E-state index is 11.2. The Kier molecular flexibility index (Phi) is 6.33. The molecule has 0 bridgehead atoms. The van der Waals surface area contributed by atoms with E-state index >= 15 is 0 Å². The van der Waals surface area contributed by atoms with Crippen LogP contribution in [-0.2, 0) is 4.79 Å². The summed E-state index contributed by atoms with van der Waals surface area (Å²) in [5.74, 6) is 0.181. The minimum absolute atomic E-state index is 0.181. The summed E-state index contributed by atoms with van der Waals surface area (Å²) >= 11 is 0. The Morgan fingerprint density at radius 2 is 1.95 bits per heavy atom. The van der Waals surface area contributed by atoms with Crippen LogP contribution in [0.3, 0.4) is 0 Å². The number of anilines is 1. The van der Waals surface area contributed by atoms with Crippen molar-refractivity contribution in [3.8, 4) is 0 Å². The van der Waals surface area contributed by atoms with Crippen LogP contribution in [0.25, 0.3) is 0 Å². The second kappa shape index (κ2) is 7.77. The number of hydrogen-bond donors (Lipinski definition) is 1. The average Bonchev–Trinajstić information content (AvgIpc) is 2.41. The zero-order chi connectivity index (χ0) is 14.3. The van der Waals surface area contributed by atoms with Crippen LogP contribution in [-0.4, -0.2) is 34.9 Å². The molecule has 19 heavy (non-hydrogen) atoms. The fraction of sp³-hybridized carbons (Fsp3) is 0.600. The highest BCUT2D eigenvalue weighted by Crippen LogP contribution is 2.16. The third-order valence-corrected chi connectivity index (χ3v) is 3.19. The monoisotopic (exact) mass is 263 g/mol. The van der Waals surface area contributed by atoms with Crippen LogP contribution in [0.5, 0.6) is 0 Å². The van der Waals surface area contributed by atoms with Gasteiger partial charge in [0.05, 0.1) is 5.69 Å². The Morgan fingerprint density at radius 3 is 2.47 bits per heavy atom. The molecule has 106 valence electrons. The van der Waals surface area contributed by atoms with Crippen LogP contribution in [0, 0.1) is 6.92 Å². The highest BCUT2D eigenvalue weighted by Gasteiger charge is 2.20. The fourth-order valence-corrected chi connectivity index (χ4v) is 2.21. The van der Waals surface area contributed by atoms with Crippen LogP contribution in [0.2, 0.25) is 0 Å². The highest BCUT2D eigenvalue weighted by molar-refractivity contribution is 5.73. The molecule has 4 nitrogen and oxygen atoms in total. The minimum Gasteiger partial charge on any atom is -0.381 e. The van der Waals surface area contributed by atoms with Crippen LogP contribution < -0.4 is 5.32 Å². The molecule has 2 rings (SSSR count). The van der Waals surface area contributed by atoms with Gasteiger partial charge in [-0.05, 0) is 31.4 Å². The van der Waals surface area contributed by atoms with E-state index < -0.39 is 0 Å². The van der Waals surface area contributed by atoms with Gasteiger partial charge in [-0.15, -0.1) is 0 Å². The van der Waals surface area contributed by atoms with Gasteiger partial charge in [-0.2, -0.15) is 0 Å². The van der Waals surface area contributed by atoms with Crippen molar-refractivity contribution in [2.24, 2.45) is 0 Å². The molecule has 1 aliphatic rings. The lowest BCUT2D eigenvalue weighted by molar-refractivity contribution is -0.129. The number of carbonyl (C=O) groups is 1. The molecular formula is C15H25N3O. The first-order chi connectivity index (χ1) is 9.15. The second-order valence-corrected chi connectivity index (χ2v) is 4.68. The molecule has 1 fully saturated rings. The average molecular weight is 263 g/mol. The first-order valence-corrected chi connectivity index (χ1v) is 7.09. The van der Waals surface area contributed by atoms with Crippen molar-refractivity contribution in [3.63, 3.8) is 0 Å². The molecule has 1 aromatic heterocycles. The van der Waals surface area contributed by atoms with E-state index in [2.05, 4.69) is 16.4 Å². The number of aryl methyl sites for hydroxylation is 1. The standard InChI is InChI=1S/C13H19N3O.C2H6/c1-10-7-13(9-14-8-10)15-12-3-5-16(6-4-12)11(2)17;1-2/h7-9,12,15H,3-6H2,1-2H3;1-2H3. The number of likely N-dealkylation sites (tertiary alicyclic amines) is 1. The van der Waals surface area contributed by atoms with Gasteiger partial charge in [0.15, 0.2) is 0 Å². The summed E-state index contributed by atoms with van der Waals surface area (Å²) in [7, 11) is 0. The molecule has 1 aliphatic heterocycles. The lowest BCUT2D eigenvalue weighted by Crippen LogP contribution is -2.41.